The summed E-state index contributed by atoms with van der Waals surface area (Å²) in [6.07, 6.45) is 1.39. The predicted octanol–water partition coefficient (Wildman–Crippen LogP) is 7.03. The smallest absolute Gasteiger partial charge is 0.266 e. The number of hydrogen-bond donors (Lipinski definition) is 1. The minimum atomic E-state index is -0.656. The van der Waals surface area contributed by atoms with Gasteiger partial charge in [0, 0.05) is 5.56 Å². The van der Waals surface area contributed by atoms with E-state index >= 15 is 0 Å². The van der Waals surface area contributed by atoms with E-state index in [9.17, 15) is 14.4 Å². The monoisotopic (exact) mass is 548 g/mol. The van der Waals surface area contributed by atoms with Crippen molar-refractivity contribution in [2.24, 2.45) is 0 Å². The molecule has 0 fully saturated rings. The van der Waals surface area contributed by atoms with Crippen LogP contribution < -0.4 is 14.8 Å². The SMILES string of the molecule is COc1cc(/C=C(/C#N)C(=O)Nc2cccc(Cl)c2Cl)cc(Br)c1OCc1ccccc1F. The maximum absolute atomic E-state index is 13.9. The van der Waals surface area contributed by atoms with E-state index in [-0.39, 0.29) is 33.7 Å². The molecule has 5 nitrogen and oxygen atoms in total. The number of halogens is 4. The number of hydrogen-bond acceptors (Lipinski definition) is 4. The second kappa shape index (κ2) is 11.2. The van der Waals surface area contributed by atoms with E-state index in [0.29, 0.717) is 27.1 Å². The summed E-state index contributed by atoms with van der Waals surface area (Å²) in [4.78, 5) is 12.6. The normalized spacial score (nSPS) is 11.0. The Morgan fingerprint density at radius 3 is 2.67 bits per heavy atom. The number of anilines is 1. The maximum atomic E-state index is 13.9. The summed E-state index contributed by atoms with van der Waals surface area (Å²) in [5, 5.41) is 12.5. The molecule has 3 rings (SSSR count). The molecular weight excluding hydrogens is 534 g/mol. The van der Waals surface area contributed by atoms with Crippen LogP contribution in [0.3, 0.4) is 0 Å². The van der Waals surface area contributed by atoms with Crippen molar-refractivity contribution in [3.05, 3.63) is 91.6 Å². The third-order valence-corrected chi connectivity index (χ3v) is 5.87. The highest BCUT2D eigenvalue weighted by Crippen LogP contribution is 2.38. The molecule has 3 aromatic carbocycles. The average molecular weight is 550 g/mol. The van der Waals surface area contributed by atoms with E-state index in [1.807, 2.05) is 6.07 Å². The average Bonchev–Trinajstić information content (AvgIpc) is 2.80. The molecule has 1 amide bonds. The molecule has 0 saturated carbocycles. The lowest BCUT2D eigenvalue weighted by molar-refractivity contribution is -0.112. The van der Waals surface area contributed by atoms with Gasteiger partial charge in [-0.25, -0.2) is 4.39 Å². The molecule has 0 aliphatic carbocycles. The molecule has 0 unspecified atom stereocenters. The number of nitrogens with one attached hydrogen (secondary N) is 1. The Hall–Kier alpha value is -3.05. The van der Waals surface area contributed by atoms with Gasteiger partial charge in [0.25, 0.3) is 5.91 Å². The summed E-state index contributed by atoms with van der Waals surface area (Å²) in [6, 6.07) is 16.2. The zero-order valence-corrected chi connectivity index (χ0v) is 20.3. The first-order valence-electron chi connectivity index (χ1n) is 9.45. The molecule has 0 saturated heterocycles. The van der Waals surface area contributed by atoms with Crippen LogP contribution in [0, 0.1) is 17.1 Å². The third kappa shape index (κ3) is 6.05. The maximum Gasteiger partial charge on any atom is 0.266 e. The number of carbonyl (C=O) groups is 1. The van der Waals surface area contributed by atoms with Gasteiger partial charge in [0.2, 0.25) is 0 Å². The van der Waals surface area contributed by atoms with Crippen molar-refractivity contribution in [3.63, 3.8) is 0 Å². The van der Waals surface area contributed by atoms with E-state index in [2.05, 4.69) is 21.2 Å². The Balaban J connectivity index is 1.85. The summed E-state index contributed by atoms with van der Waals surface area (Å²) in [6.45, 7) is -0.0108. The molecule has 3 aromatic rings. The number of amides is 1. The number of nitrogens with zero attached hydrogens (tertiary/aromatic N) is 1. The van der Waals surface area contributed by atoms with Gasteiger partial charge in [0.15, 0.2) is 11.5 Å². The Bertz CT molecular complexity index is 1280. The van der Waals surface area contributed by atoms with E-state index < -0.39 is 5.91 Å². The van der Waals surface area contributed by atoms with Crippen molar-refractivity contribution >= 4 is 56.8 Å². The number of ether oxygens (including phenoxy) is 2. The number of carbonyl (C=O) groups excluding carboxylic acids is 1. The number of benzene rings is 3. The molecule has 0 radical (unpaired) electrons. The summed E-state index contributed by atoms with van der Waals surface area (Å²) in [5.41, 5.74) is 1.00. The summed E-state index contributed by atoms with van der Waals surface area (Å²) >= 11 is 15.5. The lowest BCUT2D eigenvalue weighted by Gasteiger charge is -2.14. The Kier molecular flexibility index (Phi) is 8.34. The minimum absolute atomic E-state index is 0.0108. The van der Waals surface area contributed by atoms with Crippen molar-refractivity contribution in [1.29, 1.82) is 5.26 Å². The van der Waals surface area contributed by atoms with Crippen LogP contribution in [-0.4, -0.2) is 13.0 Å². The summed E-state index contributed by atoms with van der Waals surface area (Å²) < 4.78 is 25.5. The number of nitriles is 1. The van der Waals surface area contributed by atoms with Crippen LogP contribution in [0.25, 0.3) is 6.08 Å². The molecule has 0 heterocycles. The highest BCUT2D eigenvalue weighted by Gasteiger charge is 2.16. The molecule has 33 heavy (non-hydrogen) atoms. The zero-order valence-electron chi connectivity index (χ0n) is 17.2. The quantitative estimate of drug-likeness (QED) is 0.254. The predicted molar refractivity (Wildman–Crippen MR) is 130 cm³/mol. The van der Waals surface area contributed by atoms with Gasteiger partial charge in [-0.15, -0.1) is 0 Å². The standard InChI is InChI=1S/C24H16BrCl2FN2O3/c1-32-21-11-14(10-17(25)23(21)33-13-15-5-2-3-7-19(15)28)9-16(12-29)24(31)30-20-8-4-6-18(26)22(20)27/h2-11H,13H2,1H3,(H,30,31)/b16-9-. The Morgan fingerprint density at radius 2 is 1.97 bits per heavy atom. The van der Waals surface area contributed by atoms with Gasteiger partial charge < -0.3 is 14.8 Å². The fraction of sp³-hybridized carbons (Fsp3) is 0.0833. The van der Waals surface area contributed by atoms with Crippen LogP contribution in [0.5, 0.6) is 11.5 Å². The van der Waals surface area contributed by atoms with Crippen LogP contribution in [0.15, 0.2) is 64.6 Å². The fourth-order valence-corrected chi connectivity index (χ4v) is 3.76. The van der Waals surface area contributed by atoms with Gasteiger partial charge in [-0.2, -0.15) is 5.26 Å². The van der Waals surface area contributed by atoms with Gasteiger partial charge in [0.05, 0.1) is 27.3 Å². The Labute approximate surface area is 208 Å². The highest BCUT2D eigenvalue weighted by atomic mass is 79.9. The van der Waals surface area contributed by atoms with Crippen LogP contribution >= 0.6 is 39.1 Å². The molecule has 1 N–H and O–H groups in total. The Morgan fingerprint density at radius 1 is 1.21 bits per heavy atom. The molecule has 0 bridgehead atoms. The van der Waals surface area contributed by atoms with Crippen LogP contribution in [0.2, 0.25) is 10.0 Å². The van der Waals surface area contributed by atoms with E-state index in [1.165, 1.54) is 19.3 Å². The molecule has 0 aromatic heterocycles. The second-order valence-electron chi connectivity index (χ2n) is 6.64. The first-order chi connectivity index (χ1) is 15.8. The number of rotatable bonds is 7. The van der Waals surface area contributed by atoms with Crippen molar-refractivity contribution < 1.29 is 18.7 Å². The van der Waals surface area contributed by atoms with Gasteiger partial charge in [0.1, 0.15) is 24.1 Å². The van der Waals surface area contributed by atoms with Crippen molar-refractivity contribution in [2.45, 2.75) is 6.61 Å². The van der Waals surface area contributed by atoms with E-state index in [4.69, 9.17) is 32.7 Å². The second-order valence-corrected chi connectivity index (χ2v) is 8.28. The first-order valence-corrected chi connectivity index (χ1v) is 11.0. The largest absolute Gasteiger partial charge is 0.493 e. The zero-order chi connectivity index (χ0) is 24.0. The third-order valence-electron chi connectivity index (χ3n) is 4.46. The van der Waals surface area contributed by atoms with Crippen molar-refractivity contribution in [1.82, 2.24) is 0 Å². The summed E-state index contributed by atoms with van der Waals surface area (Å²) in [5.74, 6) is -0.345. The number of methoxy groups -OCH3 is 1. The molecule has 0 aliphatic heterocycles. The molecule has 0 atom stereocenters. The van der Waals surface area contributed by atoms with Gasteiger partial charge in [-0.05, 0) is 57.9 Å². The molecule has 168 valence electrons. The summed E-state index contributed by atoms with van der Waals surface area (Å²) in [7, 11) is 1.45. The van der Waals surface area contributed by atoms with Crippen LogP contribution in [0.1, 0.15) is 11.1 Å². The highest BCUT2D eigenvalue weighted by molar-refractivity contribution is 9.10. The lowest BCUT2D eigenvalue weighted by atomic mass is 10.1. The van der Waals surface area contributed by atoms with Gasteiger partial charge in [-0.3, -0.25) is 4.79 Å². The van der Waals surface area contributed by atoms with Crippen molar-refractivity contribution in [3.8, 4) is 17.6 Å². The molecule has 9 heteroatoms. The first kappa shape index (κ1) is 24.6. The van der Waals surface area contributed by atoms with Crippen molar-refractivity contribution in [2.75, 3.05) is 12.4 Å². The topological polar surface area (TPSA) is 71.3 Å². The lowest BCUT2D eigenvalue weighted by Crippen LogP contribution is -2.13. The molecular formula is C24H16BrCl2FN2O3. The fourth-order valence-electron chi connectivity index (χ4n) is 2.83. The van der Waals surface area contributed by atoms with E-state index in [1.54, 1.807) is 48.5 Å². The molecule has 0 spiro atoms. The van der Waals surface area contributed by atoms with Gasteiger partial charge >= 0.3 is 0 Å². The van der Waals surface area contributed by atoms with Crippen LogP contribution in [0.4, 0.5) is 10.1 Å². The van der Waals surface area contributed by atoms with Crippen LogP contribution in [-0.2, 0) is 11.4 Å². The molecule has 0 aliphatic rings. The van der Waals surface area contributed by atoms with E-state index in [0.717, 1.165) is 0 Å². The van der Waals surface area contributed by atoms with Gasteiger partial charge in [-0.1, -0.05) is 47.5 Å². The minimum Gasteiger partial charge on any atom is -0.493 e.